The number of likely N-dealkylation sites (tertiary alicyclic amines) is 2. The lowest BCUT2D eigenvalue weighted by Gasteiger charge is -2.27. The summed E-state index contributed by atoms with van der Waals surface area (Å²) in [6.07, 6.45) is 3.23. The van der Waals surface area contributed by atoms with Crippen molar-refractivity contribution in [2.24, 2.45) is 5.41 Å². The van der Waals surface area contributed by atoms with E-state index in [1.807, 2.05) is 34.1 Å². The molecule has 2 heterocycles. The molecule has 174 valence electrons. The number of methoxy groups -OCH3 is 2. The Labute approximate surface area is 195 Å². The maximum atomic E-state index is 13.5. The van der Waals surface area contributed by atoms with Crippen LogP contribution >= 0.6 is 0 Å². The maximum Gasteiger partial charge on any atom is 0.238 e. The summed E-state index contributed by atoms with van der Waals surface area (Å²) >= 11 is 0. The van der Waals surface area contributed by atoms with E-state index in [2.05, 4.69) is 24.3 Å². The monoisotopic (exact) mass is 448 g/mol. The second-order valence-electron chi connectivity index (χ2n) is 9.60. The molecule has 2 aromatic carbocycles. The molecule has 6 heteroatoms. The van der Waals surface area contributed by atoms with Gasteiger partial charge in [-0.2, -0.15) is 0 Å². The average molecular weight is 449 g/mol. The molecule has 1 saturated carbocycles. The zero-order valence-corrected chi connectivity index (χ0v) is 19.5. The number of rotatable bonds is 6. The van der Waals surface area contributed by atoms with Gasteiger partial charge < -0.3 is 19.3 Å². The number of hydrogen-bond donors (Lipinski definition) is 0. The first-order chi connectivity index (χ1) is 16.0. The quantitative estimate of drug-likeness (QED) is 0.631. The van der Waals surface area contributed by atoms with E-state index in [1.54, 1.807) is 14.2 Å². The van der Waals surface area contributed by atoms with Crippen molar-refractivity contribution in [2.75, 3.05) is 40.4 Å². The average Bonchev–Trinajstić information content (AvgIpc) is 3.28. The fourth-order valence-corrected chi connectivity index (χ4v) is 5.44. The van der Waals surface area contributed by atoms with E-state index in [1.165, 1.54) is 11.1 Å². The molecule has 5 rings (SSSR count). The van der Waals surface area contributed by atoms with Gasteiger partial charge >= 0.3 is 0 Å². The molecular formula is C27H32N2O4. The Balaban J connectivity index is 1.21. The minimum absolute atomic E-state index is 0.0383. The molecule has 0 N–H and O–H groups in total. The molecule has 3 aliphatic rings. The van der Waals surface area contributed by atoms with Crippen LogP contribution in [0.25, 0.3) is 0 Å². The molecule has 33 heavy (non-hydrogen) atoms. The van der Waals surface area contributed by atoms with Crippen LogP contribution in [0.2, 0.25) is 0 Å². The number of ether oxygens (including phenoxy) is 2. The molecule has 0 unspecified atom stereocenters. The van der Waals surface area contributed by atoms with Gasteiger partial charge in [-0.25, -0.2) is 0 Å². The van der Waals surface area contributed by atoms with E-state index in [-0.39, 0.29) is 11.8 Å². The lowest BCUT2D eigenvalue weighted by molar-refractivity contribution is -0.148. The molecule has 0 spiro atoms. The van der Waals surface area contributed by atoms with Crippen molar-refractivity contribution in [3.05, 3.63) is 59.7 Å². The predicted octanol–water partition coefficient (Wildman–Crippen LogP) is 3.82. The molecule has 2 amide bonds. The predicted molar refractivity (Wildman–Crippen MR) is 126 cm³/mol. The van der Waals surface area contributed by atoms with E-state index >= 15 is 0 Å². The number of amides is 2. The maximum absolute atomic E-state index is 13.5. The first-order valence-electron chi connectivity index (χ1n) is 11.9. The molecule has 0 radical (unpaired) electrons. The summed E-state index contributed by atoms with van der Waals surface area (Å²) in [5, 5.41) is 0. The topological polar surface area (TPSA) is 59.1 Å². The highest BCUT2D eigenvalue weighted by Crippen LogP contribution is 2.50. The van der Waals surface area contributed by atoms with Crippen LogP contribution in [-0.4, -0.2) is 62.0 Å². The zero-order valence-electron chi connectivity index (χ0n) is 19.5. The molecule has 2 aromatic rings. The Morgan fingerprint density at radius 1 is 0.727 bits per heavy atom. The lowest BCUT2D eigenvalue weighted by Crippen LogP contribution is -2.45. The smallest absolute Gasteiger partial charge is 0.238 e. The first-order valence-corrected chi connectivity index (χ1v) is 11.9. The van der Waals surface area contributed by atoms with Gasteiger partial charge in [-0.05, 0) is 61.1 Å². The van der Waals surface area contributed by atoms with Crippen LogP contribution < -0.4 is 9.47 Å². The second kappa shape index (κ2) is 8.73. The molecule has 2 aliphatic heterocycles. The van der Waals surface area contributed by atoms with Gasteiger partial charge in [0, 0.05) is 38.0 Å². The molecule has 6 nitrogen and oxygen atoms in total. The number of hydrogen-bond acceptors (Lipinski definition) is 4. The zero-order chi connectivity index (χ0) is 23.0. The van der Waals surface area contributed by atoms with E-state index in [9.17, 15) is 9.59 Å². The largest absolute Gasteiger partial charge is 0.497 e. The van der Waals surface area contributed by atoms with E-state index in [4.69, 9.17) is 9.47 Å². The third kappa shape index (κ3) is 4.07. The van der Waals surface area contributed by atoms with E-state index in [0.29, 0.717) is 37.8 Å². The highest BCUT2D eigenvalue weighted by atomic mass is 16.5. The summed E-state index contributed by atoms with van der Waals surface area (Å²) in [4.78, 5) is 30.8. The van der Waals surface area contributed by atoms with Crippen LogP contribution in [0, 0.1) is 5.41 Å². The van der Waals surface area contributed by atoms with Gasteiger partial charge in [-0.3, -0.25) is 9.59 Å². The SMILES string of the molecule is COc1ccc([C@@H]2CCN(C(=O)C3(C(=O)N4CC[C@@H](c5ccc(OC)cc5)C4)CC3)C2)cc1. The fraction of sp³-hybridized carbons (Fsp3) is 0.481. The van der Waals surface area contributed by atoms with Crippen LogP contribution in [0.3, 0.4) is 0 Å². The summed E-state index contributed by atoms with van der Waals surface area (Å²) in [6.45, 7) is 2.82. The Kier molecular flexibility index (Phi) is 5.77. The van der Waals surface area contributed by atoms with Crippen molar-refractivity contribution in [2.45, 2.75) is 37.5 Å². The second-order valence-corrected chi connectivity index (χ2v) is 9.60. The summed E-state index contributed by atoms with van der Waals surface area (Å²) in [5.74, 6) is 2.39. The van der Waals surface area contributed by atoms with E-state index < -0.39 is 5.41 Å². The van der Waals surface area contributed by atoms with Gasteiger partial charge in [-0.1, -0.05) is 24.3 Å². The fourth-order valence-electron chi connectivity index (χ4n) is 5.44. The summed E-state index contributed by atoms with van der Waals surface area (Å²) in [5.41, 5.74) is 1.64. The molecule has 1 aliphatic carbocycles. The number of carbonyl (C=O) groups is 2. The van der Waals surface area contributed by atoms with Gasteiger partial charge in [0.2, 0.25) is 11.8 Å². The summed E-state index contributed by atoms with van der Waals surface area (Å²) < 4.78 is 10.5. The molecule has 0 aromatic heterocycles. The van der Waals surface area contributed by atoms with Crippen molar-refractivity contribution in [3.63, 3.8) is 0 Å². The standard InChI is InChI=1S/C27H32N2O4/c1-32-23-7-3-19(4-8-23)21-11-15-28(17-21)25(30)27(13-14-27)26(31)29-16-12-22(18-29)20-5-9-24(33-2)10-6-20/h3-10,21-22H,11-18H2,1-2H3/t21-,22-/m1/s1. The Morgan fingerprint density at radius 3 is 1.45 bits per heavy atom. The van der Waals surface area contributed by atoms with Gasteiger partial charge in [0.15, 0.2) is 0 Å². The Hall–Kier alpha value is -3.02. The van der Waals surface area contributed by atoms with Crippen molar-refractivity contribution in [1.29, 1.82) is 0 Å². The minimum atomic E-state index is -0.816. The number of benzene rings is 2. The van der Waals surface area contributed by atoms with Crippen LogP contribution in [0.15, 0.2) is 48.5 Å². The third-order valence-corrected chi connectivity index (χ3v) is 7.69. The summed E-state index contributed by atoms with van der Waals surface area (Å²) in [6, 6.07) is 16.2. The molecule has 2 saturated heterocycles. The first kappa shape index (κ1) is 21.8. The molecule has 3 fully saturated rings. The molecule has 0 bridgehead atoms. The lowest BCUT2D eigenvalue weighted by atomic mass is 9.98. The number of carbonyl (C=O) groups excluding carboxylic acids is 2. The van der Waals surface area contributed by atoms with Crippen LogP contribution in [0.1, 0.15) is 48.6 Å². The third-order valence-electron chi connectivity index (χ3n) is 7.69. The van der Waals surface area contributed by atoms with Crippen LogP contribution in [-0.2, 0) is 9.59 Å². The summed E-state index contributed by atoms with van der Waals surface area (Å²) in [7, 11) is 3.33. The highest BCUT2D eigenvalue weighted by Gasteiger charge is 2.60. The van der Waals surface area contributed by atoms with Gasteiger partial charge in [-0.15, -0.1) is 0 Å². The van der Waals surface area contributed by atoms with Crippen molar-refractivity contribution < 1.29 is 19.1 Å². The molecule has 2 atom stereocenters. The van der Waals surface area contributed by atoms with E-state index in [0.717, 1.165) is 37.4 Å². The minimum Gasteiger partial charge on any atom is -0.497 e. The van der Waals surface area contributed by atoms with Gasteiger partial charge in [0.25, 0.3) is 0 Å². The highest BCUT2D eigenvalue weighted by molar-refractivity contribution is 6.08. The Bertz CT molecular complexity index is 934. The Morgan fingerprint density at radius 2 is 1.12 bits per heavy atom. The normalized spacial score (nSPS) is 23.5. The van der Waals surface area contributed by atoms with Crippen molar-refractivity contribution >= 4 is 11.8 Å². The van der Waals surface area contributed by atoms with Crippen LogP contribution in [0.4, 0.5) is 0 Å². The van der Waals surface area contributed by atoms with Gasteiger partial charge in [0.05, 0.1) is 14.2 Å². The van der Waals surface area contributed by atoms with Crippen molar-refractivity contribution in [3.8, 4) is 11.5 Å². The molecular weight excluding hydrogens is 416 g/mol. The van der Waals surface area contributed by atoms with Gasteiger partial charge in [0.1, 0.15) is 16.9 Å². The van der Waals surface area contributed by atoms with Crippen LogP contribution in [0.5, 0.6) is 11.5 Å². The van der Waals surface area contributed by atoms with Crippen molar-refractivity contribution in [1.82, 2.24) is 9.80 Å². The number of nitrogens with zero attached hydrogens (tertiary/aromatic N) is 2.